The number of benzene rings is 1. The lowest BCUT2D eigenvalue weighted by Gasteiger charge is -2.31. The highest BCUT2D eigenvalue weighted by molar-refractivity contribution is 7.98. The number of likely N-dealkylation sites (tertiary alicyclic amines) is 1. The van der Waals surface area contributed by atoms with Crippen LogP contribution in [-0.4, -0.2) is 45.1 Å². The van der Waals surface area contributed by atoms with Crippen LogP contribution in [0.4, 0.5) is 0 Å². The summed E-state index contributed by atoms with van der Waals surface area (Å²) in [5.41, 5.74) is 4.05. The third-order valence-corrected chi connectivity index (χ3v) is 5.81. The van der Waals surface area contributed by atoms with Gasteiger partial charge in [0.2, 0.25) is 0 Å². The molecule has 4 rings (SSSR count). The lowest BCUT2D eigenvalue weighted by Crippen LogP contribution is -2.38. The van der Waals surface area contributed by atoms with Crippen LogP contribution in [0.1, 0.15) is 40.5 Å². The maximum Gasteiger partial charge on any atom is 0.256 e. The first-order valence-electron chi connectivity index (χ1n) is 8.91. The number of carbonyl (C=O) groups excluding carboxylic acids is 1. The van der Waals surface area contributed by atoms with Gasteiger partial charge in [-0.1, -0.05) is 12.1 Å². The molecule has 3 heterocycles. The molecule has 0 saturated carbocycles. The van der Waals surface area contributed by atoms with E-state index in [1.807, 2.05) is 23.3 Å². The third-order valence-electron chi connectivity index (χ3n) is 5.10. The Morgan fingerprint density at radius 3 is 2.77 bits per heavy atom. The van der Waals surface area contributed by atoms with Gasteiger partial charge in [0.05, 0.1) is 16.6 Å². The Labute approximate surface area is 157 Å². The number of hydrogen-bond acceptors (Lipinski definition) is 4. The number of rotatable bonds is 3. The van der Waals surface area contributed by atoms with Crippen LogP contribution in [0.25, 0.3) is 11.0 Å². The van der Waals surface area contributed by atoms with E-state index in [9.17, 15) is 4.79 Å². The average Bonchev–Trinajstić information content (AvgIpc) is 3.13. The molecule has 1 aliphatic heterocycles. The van der Waals surface area contributed by atoms with Gasteiger partial charge in [0, 0.05) is 25.2 Å². The van der Waals surface area contributed by atoms with Crippen molar-refractivity contribution in [3.8, 4) is 0 Å². The number of thioether (sulfide) groups is 1. The van der Waals surface area contributed by atoms with Crippen LogP contribution in [-0.2, 0) is 0 Å². The predicted molar refractivity (Wildman–Crippen MR) is 105 cm³/mol. The van der Waals surface area contributed by atoms with Crippen LogP contribution in [0.3, 0.4) is 0 Å². The molecule has 134 valence electrons. The van der Waals surface area contributed by atoms with Crippen molar-refractivity contribution in [2.45, 2.75) is 30.7 Å². The fourth-order valence-electron chi connectivity index (χ4n) is 3.63. The fourth-order valence-corrected chi connectivity index (χ4v) is 4.17. The highest BCUT2D eigenvalue weighted by Gasteiger charge is 2.27. The van der Waals surface area contributed by atoms with Gasteiger partial charge in [-0.2, -0.15) is 0 Å². The summed E-state index contributed by atoms with van der Waals surface area (Å²) in [6.45, 7) is 3.59. The van der Waals surface area contributed by atoms with Gasteiger partial charge in [-0.25, -0.2) is 9.97 Å². The van der Waals surface area contributed by atoms with Crippen molar-refractivity contribution in [1.82, 2.24) is 19.9 Å². The number of hydrogen-bond donors (Lipinski definition) is 1. The number of nitrogens with zero attached hydrogens (tertiary/aromatic N) is 3. The highest BCUT2D eigenvalue weighted by Crippen LogP contribution is 2.30. The van der Waals surface area contributed by atoms with E-state index in [0.717, 1.165) is 47.8 Å². The number of aromatic amines is 1. The Kier molecular flexibility index (Phi) is 4.68. The van der Waals surface area contributed by atoms with Crippen molar-refractivity contribution in [1.29, 1.82) is 0 Å². The Bertz CT molecular complexity index is 944. The predicted octanol–water partition coefficient (Wildman–Crippen LogP) is 4.01. The third kappa shape index (κ3) is 3.09. The van der Waals surface area contributed by atoms with E-state index in [4.69, 9.17) is 4.98 Å². The van der Waals surface area contributed by atoms with Crippen molar-refractivity contribution in [2.24, 2.45) is 0 Å². The standard InChI is InChI=1S/C20H22N4OS/c1-13-5-3-7-16-17(13)23-18(22-16)14-8-11-24(12-9-14)20(25)15-6-4-10-21-19(15)26-2/h3-7,10,14H,8-9,11-12H2,1-2H3,(H,22,23). The Hall–Kier alpha value is -2.34. The SMILES string of the molecule is CSc1ncccc1C(=O)N1CCC(c2nc3c(C)cccc3[nH]2)CC1. The molecule has 5 nitrogen and oxygen atoms in total. The van der Waals surface area contributed by atoms with Gasteiger partial charge in [0.25, 0.3) is 5.91 Å². The summed E-state index contributed by atoms with van der Waals surface area (Å²) >= 11 is 1.52. The van der Waals surface area contributed by atoms with Crippen molar-refractivity contribution in [3.63, 3.8) is 0 Å². The van der Waals surface area contributed by atoms with Crippen LogP contribution in [0, 0.1) is 6.92 Å². The first kappa shape index (κ1) is 17.1. The van der Waals surface area contributed by atoms with E-state index in [2.05, 4.69) is 35.1 Å². The van der Waals surface area contributed by atoms with E-state index in [1.54, 1.807) is 6.20 Å². The minimum absolute atomic E-state index is 0.0846. The molecule has 1 amide bonds. The van der Waals surface area contributed by atoms with Crippen LogP contribution < -0.4 is 0 Å². The molecule has 0 radical (unpaired) electrons. The molecule has 1 fully saturated rings. The van der Waals surface area contributed by atoms with Gasteiger partial charge in [-0.05, 0) is 49.8 Å². The first-order valence-corrected chi connectivity index (χ1v) is 10.1. The molecule has 2 aromatic heterocycles. The topological polar surface area (TPSA) is 61.9 Å². The molecular weight excluding hydrogens is 344 g/mol. The largest absolute Gasteiger partial charge is 0.342 e. The van der Waals surface area contributed by atoms with Crippen molar-refractivity contribution >= 4 is 28.7 Å². The number of para-hydroxylation sites is 1. The van der Waals surface area contributed by atoms with Gasteiger partial charge in [-0.15, -0.1) is 11.8 Å². The van der Waals surface area contributed by atoms with Gasteiger partial charge >= 0.3 is 0 Å². The van der Waals surface area contributed by atoms with Gasteiger partial charge in [0.1, 0.15) is 10.9 Å². The molecule has 1 aromatic carbocycles. The van der Waals surface area contributed by atoms with E-state index < -0.39 is 0 Å². The number of H-pyrrole nitrogens is 1. The number of aromatic nitrogens is 3. The number of aryl methyl sites for hydroxylation is 1. The molecule has 3 aromatic rings. The molecule has 0 spiro atoms. The summed E-state index contributed by atoms with van der Waals surface area (Å²) in [6, 6.07) is 9.92. The summed E-state index contributed by atoms with van der Waals surface area (Å²) in [7, 11) is 0. The fraction of sp³-hybridized carbons (Fsp3) is 0.350. The quantitative estimate of drug-likeness (QED) is 0.712. The number of imidazole rings is 1. The zero-order valence-corrected chi connectivity index (χ0v) is 15.8. The summed E-state index contributed by atoms with van der Waals surface area (Å²) in [5.74, 6) is 1.51. The zero-order chi connectivity index (χ0) is 18.1. The number of amides is 1. The zero-order valence-electron chi connectivity index (χ0n) is 15.0. The minimum atomic E-state index is 0.0846. The first-order chi connectivity index (χ1) is 12.7. The Morgan fingerprint density at radius 2 is 2.04 bits per heavy atom. The van der Waals surface area contributed by atoms with Gasteiger partial charge < -0.3 is 9.88 Å². The molecule has 1 N–H and O–H groups in total. The van der Waals surface area contributed by atoms with Crippen molar-refractivity contribution in [2.75, 3.05) is 19.3 Å². The number of pyridine rings is 1. The van der Waals surface area contributed by atoms with Gasteiger partial charge in [0.15, 0.2) is 0 Å². The molecule has 0 atom stereocenters. The lowest BCUT2D eigenvalue weighted by molar-refractivity contribution is 0.0707. The number of piperidine rings is 1. The maximum absolute atomic E-state index is 12.9. The van der Waals surface area contributed by atoms with Crippen molar-refractivity contribution in [3.05, 3.63) is 53.5 Å². The molecule has 1 aliphatic rings. The normalized spacial score (nSPS) is 15.5. The highest BCUT2D eigenvalue weighted by atomic mass is 32.2. The van der Waals surface area contributed by atoms with Crippen LogP contribution in [0.2, 0.25) is 0 Å². The van der Waals surface area contributed by atoms with E-state index >= 15 is 0 Å². The van der Waals surface area contributed by atoms with Crippen LogP contribution >= 0.6 is 11.8 Å². The molecule has 0 bridgehead atoms. The van der Waals surface area contributed by atoms with Crippen LogP contribution in [0.15, 0.2) is 41.6 Å². The summed E-state index contributed by atoms with van der Waals surface area (Å²) in [6.07, 6.45) is 5.55. The van der Waals surface area contributed by atoms with Crippen LogP contribution in [0.5, 0.6) is 0 Å². The summed E-state index contributed by atoms with van der Waals surface area (Å²) < 4.78 is 0. The molecule has 1 saturated heterocycles. The maximum atomic E-state index is 12.9. The van der Waals surface area contributed by atoms with E-state index in [-0.39, 0.29) is 5.91 Å². The summed E-state index contributed by atoms with van der Waals surface area (Å²) in [4.78, 5) is 27.4. The molecule has 0 unspecified atom stereocenters. The van der Waals surface area contributed by atoms with Gasteiger partial charge in [-0.3, -0.25) is 4.79 Å². The number of nitrogens with one attached hydrogen (secondary N) is 1. The second-order valence-corrected chi connectivity index (χ2v) is 7.51. The smallest absolute Gasteiger partial charge is 0.256 e. The number of fused-ring (bicyclic) bond motifs is 1. The number of carbonyl (C=O) groups is 1. The Morgan fingerprint density at radius 1 is 1.23 bits per heavy atom. The van der Waals surface area contributed by atoms with Crippen molar-refractivity contribution < 1.29 is 4.79 Å². The molecule has 6 heteroatoms. The van der Waals surface area contributed by atoms with E-state index in [0.29, 0.717) is 11.5 Å². The monoisotopic (exact) mass is 366 g/mol. The van der Waals surface area contributed by atoms with E-state index in [1.165, 1.54) is 17.3 Å². The molecule has 0 aliphatic carbocycles. The second-order valence-electron chi connectivity index (χ2n) is 6.72. The lowest BCUT2D eigenvalue weighted by atomic mass is 9.96. The molecular formula is C20H22N4OS. The minimum Gasteiger partial charge on any atom is -0.342 e. The Balaban J connectivity index is 1.48. The second kappa shape index (κ2) is 7.11. The summed E-state index contributed by atoms with van der Waals surface area (Å²) in [5, 5.41) is 0.799. The average molecular weight is 366 g/mol. The molecule has 26 heavy (non-hydrogen) atoms.